The van der Waals surface area contributed by atoms with Crippen molar-refractivity contribution < 1.29 is 13.2 Å². The number of benzene rings is 2. The monoisotopic (exact) mass is 328 g/mol. The third-order valence-corrected chi connectivity index (χ3v) is 3.77. The molecular weight excluding hydrogens is 321 g/mol. The number of nitrogens with zero attached hydrogens (tertiary/aromatic N) is 1. The summed E-state index contributed by atoms with van der Waals surface area (Å²) in [6.45, 7) is 1.45. The van der Waals surface area contributed by atoms with Crippen LogP contribution in [0.2, 0.25) is 5.02 Å². The van der Waals surface area contributed by atoms with Gasteiger partial charge < -0.3 is 4.98 Å². The van der Waals surface area contributed by atoms with E-state index in [0.29, 0.717) is 5.52 Å². The van der Waals surface area contributed by atoms with Crippen LogP contribution in [0.3, 0.4) is 0 Å². The van der Waals surface area contributed by atoms with Gasteiger partial charge in [-0.3, -0.25) is 4.57 Å². The number of aromatic amines is 1. The molecule has 3 rings (SSSR count). The van der Waals surface area contributed by atoms with E-state index in [1.165, 1.54) is 17.6 Å². The van der Waals surface area contributed by atoms with Crippen LogP contribution in [0.4, 0.5) is 13.2 Å². The minimum absolute atomic E-state index is 0.0820. The number of H-pyrrole nitrogens is 1. The molecule has 0 bridgehead atoms. The van der Waals surface area contributed by atoms with E-state index < -0.39 is 17.5 Å². The van der Waals surface area contributed by atoms with Crippen molar-refractivity contribution in [3.63, 3.8) is 0 Å². The van der Waals surface area contributed by atoms with Gasteiger partial charge in [0.2, 0.25) is 0 Å². The van der Waals surface area contributed by atoms with Crippen molar-refractivity contribution in [3.05, 3.63) is 57.1 Å². The van der Waals surface area contributed by atoms with Crippen molar-refractivity contribution in [3.8, 4) is 5.69 Å². The topological polar surface area (TPSA) is 20.7 Å². The van der Waals surface area contributed by atoms with Crippen molar-refractivity contribution in [1.29, 1.82) is 0 Å². The number of aromatic nitrogens is 2. The van der Waals surface area contributed by atoms with Gasteiger partial charge in [0.25, 0.3) is 0 Å². The molecule has 0 saturated carbocycles. The third-order valence-electron chi connectivity index (χ3n) is 3.19. The highest BCUT2D eigenvalue weighted by Gasteiger charge is 2.15. The van der Waals surface area contributed by atoms with Gasteiger partial charge in [-0.25, -0.2) is 13.2 Å². The summed E-state index contributed by atoms with van der Waals surface area (Å²) >= 11 is 10.8. The lowest BCUT2D eigenvalue weighted by Gasteiger charge is -2.08. The Balaban J connectivity index is 2.40. The van der Waals surface area contributed by atoms with Crippen molar-refractivity contribution in [2.24, 2.45) is 0 Å². The van der Waals surface area contributed by atoms with Crippen LogP contribution in [0.5, 0.6) is 0 Å². The van der Waals surface area contributed by atoms with Gasteiger partial charge >= 0.3 is 0 Å². The van der Waals surface area contributed by atoms with E-state index >= 15 is 0 Å². The molecule has 108 valence electrons. The maximum Gasteiger partial charge on any atom is 0.182 e. The zero-order valence-corrected chi connectivity index (χ0v) is 12.2. The summed E-state index contributed by atoms with van der Waals surface area (Å²) in [5.74, 6) is -1.89. The third kappa shape index (κ3) is 2.24. The van der Waals surface area contributed by atoms with Gasteiger partial charge in [-0.2, -0.15) is 0 Å². The molecule has 21 heavy (non-hydrogen) atoms. The van der Waals surface area contributed by atoms with E-state index in [1.54, 1.807) is 0 Å². The van der Waals surface area contributed by atoms with Crippen LogP contribution in [-0.2, 0) is 0 Å². The molecule has 0 radical (unpaired) electrons. The fourth-order valence-corrected chi connectivity index (χ4v) is 2.62. The Morgan fingerprint density at radius 1 is 1.05 bits per heavy atom. The van der Waals surface area contributed by atoms with Gasteiger partial charge in [-0.15, -0.1) is 0 Å². The average molecular weight is 329 g/mol. The summed E-state index contributed by atoms with van der Waals surface area (Å²) < 4.78 is 42.8. The zero-order chi connectivity index (χ0) is 15.3. The van der Waals surface area contributed by atoms with Crippen LogP contribution in [0, 0.1) is 29.1 Å². The Kier molecular flexibility index (Phi) is 3.30. The van der Waals surface area contributed by atoms with Gasteiger partial charge in [0.1, 0.15) is 17.5 Å². The largest absolute Gasteiger partial charge is 0.330 e. The number of hydrogen-bond donors (Lipinski definition) is 1. The van der Waals surface area contributed by atoms with E-state index in [4.69, 9.17) is 23.8 Å². The second-order valence-corrected chi connectivity index (χ2v) is 5.40. The van der Waals surface area contributed by atoms with Crippen LogP contribution in [-0.4, -0.2) is 9.55 Å². The molecule has 0 spiro atoms. The molecule has 3 aromatic rings. The normalized spacial score (nSPS) is 11.3. The number of aryl methyl sites for hydroxylation is 1. The quantitative estimate of drug-likeness (QED) is 0.619. The molecular formula is C14H8ClF3N2S. The summed E-state index contributed by atoms with van der Waals surface area (Å²) in [5.41, 5.74) is 0.809. The first kappa shape index (κ1) is 14.2. The van der Waals surface area contributed by atoms with Crippen LogP contribution in [0.25, 0.3) is 16.7 Å². The minimum Gasteiger partial charge on any atom is -0.330 e. The Bertz CT molecular complexity index is 930. The maximum atomic E-state index is 14.1. The highest BCUT2D eigenvalue weighted by molar-refractivity contribution is 7.71. The number of hydrogen-bond acceptors (Lipinski definition) is 1. The van der Waals surface area contributed by atoms with Crippen molar-refractivity contribution in [2.45, 2.75) is 6.92 Å². The van der Waals surface area contributed by atoms with Gasteiger partial charge in [-0.1, -0.05) is 11.6 Å². The van der Waals surface area contributed by atoms with Crippen LogP contribution in [0.15, 0.2) is 24.3 Å². The lowest BCUT2D eigenvalue weighted by Crippen LogP contribution is -2.00. The van der Waals surface area contributed by atoms with E-state index in [2.05, 4.69) is 4.98 Å². The molecule has 0 unspecified atom stereocenters. The molecule has 1 heterocycles. The number of fused-ring (bicyclic) bond motifs is 1. The standard InChI is InChI=1S/C14H8ClF3N2S/c1-6-2-10(18)12(4-8(6)16)20-13-5-9(17)7(15)3-11(13)19-14(20)21/h2-5H,1H3,(H,19,21). The predicted molar refractivity (Wildman–Crippen MR) is 78.1 cm³/mol. The van der Waals surface area contributed by atoms with E-state index in [1.807, 2.05) is 0 Å². The van der Waals surface area contributed by atoms with Gasteiger partial charge in [0.15, 0.2) is 4.77 Å². The smallest absolute Gasteiger partial charge is 0.182 e. The molecule has 2 nitrogen and oxygen atoms in total. The Morgan fingerprint density at radius 3 is 2.48 bits per heavy atom. The number of imidazole rings is 1. The lowest BCUT2D eigenvalue weighted by atomic mass is 10.2. The molecule has 7 heteroatoms. The first-order valence-electron chi connectivity index (χ1n) is 5.94. The van der Waals surface area contributed by atoms with E-state index in [9.17, 15) is 13.2 Å². The first-order valence-corrected chi connectivity index (χ1v) is 6.73. The second kappa shape index (κ2) is 4.89. The molecule has 0 saturated heterocycles. The molecule has 0 aliphatic rings. The molecule has 0 aliphatic heterocycles. The predicted octanol–water partition coefficient (Wildman–Crippen LogP) is 5.07. The summed E-state index contributed by atoms with van der Waals surface area (Å²) in [6, 6.07) is 4.57. The molecule has 0 fully saturated rings. The fraction of sp³-hybridized carbons (Fsp3) is 0.0714. The molecule has 0 atom stereocenters. The molecule has 2 aromatic carbocycles. The number of rotatable bonds is 1. The maximum absolute atomic E-state index is 14.1. The highest BCUT2D eigenvalue weighted by Crippen LogP contribution is 2.27. The molecule has 0 aliphatic carbocycles. The van der Waals surface area contributed by atoms with Gasteiger partial charge in [0.05, 0.1) is 21.7 Å². The lowest BCUT2D eigenvalue weighted by molar-refractivity contribution is 0.586. The Labute approximate surface area is 127 Å². The van der Waals surface area contributed by atoms with Crippen molar-refractivity contribution in [2.75, 3.05) is 0 Å². The zero-order valence-electron chi connectivity index (χ0n) is 10.7. The number of nitrogens with one attached hydrogen (secondary N) is 1. The van der Waals surface area contributed by atoms with Crippen LogP contribution in [0.1, 0.15) is 5.56 Å². The van der Waals surface area contributed by atoms with Crippen LogP contribution < -0.4 is 0 Å². The summed E-state index contributed by atoms with van der Waals surface area (Å²) in [7, 11) is 0. The minimum atomic E-state index is -0.667. The summed E-state index contributed by atoms with van der Waals surface area (Å²) in [6.07, 6.45) is 0. The molecule has 1 aromatic heterocycles. The second-order valence-electron chi connectivity index (χ2n) is 4.60. The Morgan fingerprint density at radius 2 is 1.76 bits per heavy atom. The Hall–Kier alpha value is -1.79. The van der Waals surface area contributed by atoms with Crippen molar-refractivity contribution >= 4 is 34.9 Å². The fourth-order valence-electron chi connectivity index (χ4n) is 2.15. The van der Waals surface area contributed by atoms with E-state index in [-0.39, 0.29) is 26.6 Å². The van der Waals surface area contributed by atoms with E-state index in [0.717, 1.165) is 18.2 Å². The van der Waals surface area contributed by atoms with Gasteiger partial charge in [0, 0.05) is 12.1 Å². The summed E-state index contributed by atoms with van der Waals surface area (Å²) in [5, 5.41) is -0.0820. The van der Waals surface area contributed by atoms with Crippen LogP contribution >= 0.6 is 23.8 Å². The average Bonchev–Trinajstić information content (AvgIpc) is 2.70. The van der Waals surface area contributed by atoms with Crippen molar-refractivity contribution in [1.82, 2.24) is 9.55 Å². The van der Waals surface area contributed by atoms with Gasteiger partial charge in [-0.05, 0) is 36.8 Å². The first-order chi connectivity index (χ1) is 9.88. The molecule has 1 N–H and O–H groups in total. The SMILES string of the molecule is Cc1cc(F)c(-n2c(=S)[nH]c3cc(Cl)c(F)cc32)cc1F. The molecule has 0 amide bonds. The highest BCUT2D eigenvalue weighted by atomic mass is 35.5. The summed E-state index contributed by atoms with van der Waals surface area (Å²) in [4.78, 5) is 2.79. The number of halogens is 4.